The van der Waals surface area contributed by atoms with E-state index in [0.29, 0.717) is 0 Å². The Hall–Kier alpha value is -1.12. The summed E-state index contributed by atoms with van der Waals surface area (Å²) in [5, 5.41) is 0. The Morgan fingerprint density at radius 2 is 2.45 bits per heavy atom. The van der Waals surface area contributed by atoms with Crippen LogP contribution >= 0.6 is 0 Å². The van der Waals surface area contributed by atoms with E-state index in [1.54, 1.807) is 12.4 Å². The average molecular weight is 152 g/mol. The van der Waals surface area contributed by atoms with Gasteiger partial charge in [0.05, 0.1) is 0 Å². The Labute approximate surface area is 66.1 Å². The van der Waals surface area contributed by atoms with E-state index in [1.165, 1.54) is 10.9 Å². The molecule has 0 amide bonds. The highest BCUT2D eigenvalue weighted by Crippen LogP contribution is 2.04. The van der Waals surface area contributed by atoms with Crippen LogP contribution in [0.15, 0.2) is 18.7 Å². The Kier molecular flexibility index (Phi) is 2.41. The van der Waals surface area contributed by atoms with Gasteiger partial charge in [0.1, 0.15) is 6.33 Å². The highest BCUT2D eigenvalue weighted by Gasteiger charge is 2.10. The molecule has 0 radical (unpaired) electrons. The molecule has 11 heavy (non-hydrogen) atoms. The van der Waals surface area contributed by atoms with E-state index in [1.807, 2.05) is 13.8 Å². The van der Waals surface area contributed by atoms with Crippen molar-refractivity contribution in [2.75, 3.05) is 0 Å². The van der Waals surface area contributed by atoms with Gasteiger partial charge >= 0.3 is 0 Å². The molecule has 0 saturated carbocycles. The van der Waals surface area contributed by atoms with Crippen LogP contribution in [0, 0.1) is 5.92 Å². The number of hydrogen-bond acceptors (Lipinski definition) is 2. The minimum absolute atomic E-state index is 0.0872. The van der Waals surface area contributed by atoms with E-state index >= 15 is 0 Å². The third kappa shape index (κ3) is 1.67. The first kappa shape index (κ1) is 7.98. The average Bonchev–Trinajstić information content (AvgIpc) is 2.53. The van der Waals surface area contributed by atoms with E-state index in [2.05, 4.69) is 4.98 Å². The second-order valence-electron chi connectivity index (χ2n) is 2.62. The molecule has 0 aliphatic heterocycles. The molecule has 60 valence electrons. The summed E-state index contributed by atoms with van der Waals surface area (Å²) in [6.07, 6.45) is 5.69. The second kappa shape index (κ2) is 3.32. The number of carbonyl (C=O) groups excluding carboxylic acids is 1. The van der Waals surface area contributed by atoms with Gasteiger partial charge in [0, 0.05) is 18.3 Å². The van der Waals surface area contributed by atoms with E-state index < -0.39 is 0 Å². The van der Waals surface area contributed by atoms with Gasteiger partial charge in [-0.25, -0.2) is 4.98 Å². The Morgan fingerprint density at radius 1 is 1.73 bits per heavy atom. The van der Waals surface area contributed by atoms with Crippen molar-refractivity contribution < 1.29 is 4.79 Å². The fraction of sp³-hybridized carbons (Fsp3) is 0.500. The molecule has 3 heteroatoms. The molecule has 0 aliphatic carbocycles. The summed E-state index contributed by atoms with van der Waals surface area (Å²) in [6.45, 7) is 3.92. The molecule has 0 aliphatic rings. The molecule has 3 nitrogen and oxygen atoms in total. The predicted molar refractivity (Wildman–Crippen MR) is 42.3 cm³/mol. The Bertz CT molecular complexity index is 228. The Morgan fingerprint density at radius 3 is 2.91 bits per heavy atom. The van der Waals surface area contributed by atoms with Crippen LogP contribution in [0.1, 0.15) is 25.1 Å². The lowest BCUT2D eigenvalue weighted by atomic mass is 10.1. The first-order chi connectivity index (χ1) is 5.25. The van der Waals surface area contributed by atoms with Crippen molar-refractivity contribution in [1.82, 2.24) is 9.55 Å². The van der Waals surface area contributed by atoms with Gasteiger partial charge in [-0.1, -0.05) is 13.8 Å². The fourth-order valence-corrected chi connectivity index (χ4v) is 0.819. The molecule has 0 N–H and O–H groups in total. The third-order valence-electron chi connectivity index (χ3n) is 1.79. The van der Waals surface area contributed by atoms with Crippen molar-refractivity contribution >= 4 is 5.91 Å². The summed E-state index contributed by atoms with van der Waals surface area (Å²) in [6, 6.07) is 0. The van der Waals surface area contributed by atoms with Gasteiger partial charge in [0.25, 0.3) is 0 Å². The minimum atomic E-state index is 0.0872. The highest BCUT2D eigenvalue weighted by molar-refractivity contribution is 5.80. The summed E-state index contributed by atoms with van der Waals surface area (Å²) in [7, 11) is 0. The summed E-state index contributed by atoms with van der Waals surface area (Å²) in [4.78, 5) is 15.2. The number of hydrogen-bond donors (Lipinski definition) is 0. The van der Waals surface area contributed by atoms with Gasteiger partial charge in [-0.2, -0.15) is 0 Å². The number of aromatic nitrogens is 2. The van der Waals surface area contributed by atoms with E-state index in [9.17, 15) is 4.79 Å². The van der Waals surface area contributed by atoms with Gasteiger partial charge in [0.2, 0.25) is 5.91 Å². The van der Waals surface area contributed by atoms with E-state index in [4.69, 9.17) is 0 Å². The van der Waals surface area contributed by atoms with Crippen LogP contribution in [0.2, 0.25) is 0 Å². The van der Waals surface area contributed by atoms with Gasteiger partial charge in [0.15, 0.2) is 0 Å². The second-order valence-corrected chi connectivity index (χ2v) is 2.62. The zero-order valence-corrected chi connectivity index (χ0v) is 6.82. The fourth-order valence-electron chi connectivity index (χ4n) is 0.819. The van der Waals surface area contributed by atoms with Gasteiger partial charge in [-0.15, -0.1) is 0 Å². The monoisotopic (exact) mass is 152 g/mol. The van der Waals surface area contributed by atoms with Crippen molar-refractivity contribution in [3.05, 3.63) is 18.7 Å². The van der Waals surface area contributed by atoms with Crippen LogP contribution < -0.4 is 0 Å². The van der Waals surface area contributed by atoms with Gasteiger partial charge < -0.3 is 0 Å². The van der Waals surface area contributed by atoms with Crippen molar-refractivity contribution in [1.29, 1.82) is 0 Å². The van der Waals surface area contributed by atoms with Crippen LogP contribution in [-0.4, -0.2) is 15.5 Å². The van der Waals surface area contributed by atoms with Crippen LogP contribution in [0.25, 0.3) is 0 Å². The van der Waals surface area contributed by atoms with Crippen molar-refractivity contribution in [3.8, 4) is 0 Å². The lowest BCUT2D eigenvalue weighted by Gasteiger charge is -2.05. The minimum Gasteiger partial charge on any atom is -0.276 e. The topological polar surface area (TPSA) is 34.9 Å². The lowest BCUT2D eigenvalue weighted by molar-refractivity contribution is 0.0842. The Balaban J connectivity index is 2.70. The van der Waals surface area contributed by atoms with Crippen LogP contribution in [0.4, 0.5) is 0 Å². The largest absolute Gasteiger partial charge is 0.276 e. The number of imidazole rings is 1. The standard InChI is InChI=1S/C8H12N2O/c1-3-7(2)8(11)10-5-4-9-6-10/h4-7H,3H2,1-2H3. The van der Waals surface area contributed by atoms with E-state index in [0.717, 1.165) is 6.42 Å². The van der Waals surface area contributed by atoms with Crippen molar-refractivity contribution in [2.24, 2.45) is 5.92 Å². The van der Waals surface area contributed by atoms with Gasteiger partial charge in [-0.05, 0) is 6.42 Å². The third-order valence-corrected chi connectivity index (χ3v) is 1.79. The molecule has 1 atom stereocenters. The SMILES string of the molecule is CCC(C)C(=O)n1ccnc1. The molecule has 1 heterocycles. The molecule has 1 rings (SSSR count). The van der Waals surface area contributed by atoms with Crippen molar-refractivity contribution in [2.45, 2.75) is 20.3 Å². The molecule has 0 saturated heterocycles. The molecular weight excluding hydrogens is 140 g/mol. The smallest absolute Gasteiger partial charge is 0.234 e. The zero-order chi connectivity index (χ0) is 8.27. The van der Waals surface area contributed by atoms with Gasteiger partial charge in [-0.3, -0.25) is 9.36 Å². The molecule has 1 aromatic heterocycles. The van der Waals surface area contributed by atoms with Crippen LogP contribution in [0.3, 0.4) is 0 Å². The molecule has 1 unspecified atom stereocenters. The first-order valence-electron chi connectivity index (χ1n) is 3.78. The number of carbonyl (C=O) groups is 1. The van der Waals surface area contributed by atoms with Crippen molar-refractivity contribution in [3.63, 3.8) is 0 Å². The van der Waals surface area contributed by atoms with Crippen LogP contribution in [-0.2, 0) is 0 Å². The lowest BCUT2D eigenvalue weighted by Crippen LogP contribution is -2.16. The first-order valence-corrected chi connectivity index (χ1v) is 3.78. The quantitative estimate of drug-likeness (QED) is 0.644. The van der Waals surface area contributed by atoms with E-state index in [-0.39, 0.29) is 11.8 Å². The number of rotatable bonds is 2. The highest BCUT2D eigenvalue weighted by atomic mass is 16.2. The maximum absolute atomic E-state index is 11.4. The summed E-state index contributed by atoms with van der Waals surface area (Å²) >= 11 is 0. The molecule has 0 spiro atoms. The molecule has 1 aromatic rings. The number of nitrogens with zero attached hydrogens (tertiary/aromatic N) is 2. The molecule has 0 bridgehead atoms. The molecule has 0 fully saturated rings. The summed E-state index contributed by atoms with van der Waals surface area (Å²) < 4.78 is 1.52. The maximum atomic E-state index is 11.4. The summed E-state index contributed by atoms with van der Waals surface area (Å²) in [5.41, 5.74) is 0. The maximum Gasteiger partial charge on any atom is 0.234 e. The predicted octanol–water partition coefficient (Wildman–Crippen LogP) is 1.57. The zero-order valence-electron chi connectivity index (χ0n) is 6.82. The molecule has 0 aromatic carbocycles. The normalized spacial score (nSPS) is 12.9. The summed E-state index contributed by atoms with van der Waals surface area (Å²) in [5.74, 6) is 0.203. The molecular formula is C8H12N2O. The van der Waals surface area contributed by atoms with Crippen LogP contribution in [0.5, 0.6) is 0 Å².